The topological polar surface area (TPSA) is 69.0 Å². The highest BCUT2D eigenvalue weighted by Gasteiger charge is 2.30. The van der Waals surface area contributed by atoms with Gasteiger partial charge in [-0.3, -0.25) is 4.79 Å². The van der Waals surface area contributed by atoms with E-state index in [9.17, 15) is 4.79 Å². The molecule has 1 heterocycles. The van der Waals surface area contributed by atoms with Crippen molar-refractivity contribution in [1.29, 1.82) is 0 Å². The predicted octanol–water partition coefficient (Wildman–Crippen LogP) is 3.47. The van der Waals surface area contributed by atoms with Crippen LogP contribution in [0.1, 0.15) is 31.5 Å². The SMILES string of the molecule is C=CCn1c(SC(C)C(=O)Nc2ccc(OC)cc2)nnc1C1CC1. The van der Waals surface area contributed by atoms with Crippen molar-refractivity contribution >= 4 is 23.4 Å². The molecular weight excluding hydrogens is 336 g/mol. The van der Waals surface area contributed by atoms with E-state index in [0.717, 1.165) is 35.3 Å². The highest BCUT2D eigenvalue weighted by molar-refractivity contribution is 8.00. The number of thioether (sulfide) groups is 1. The fraction of sp³-hybridized carbons (Fsp3) is 0.389. The number of benzene rings is 1. The van der Waals surface area contributed by atoms with Gasteiger partial charge in [0, 0.05) is 18.2 Å². The molecule has 1 N–H and O–H groups in total. The van der Waals surface area contributed by atoms with Crippen LogP contribution in [0.3, 0.4) is 0 Å². The van der Waals surface area contributed by atoms with Crippen LogP contribution in [-0.4, -0.2) is 33.0 Å². The Balaban J connectivity index is 1.65. The van der Waals surface area contributed by atoms with E-state index in [1.807, 2.05) is 37.3 Å². The van der Waals surface area contributed by atoms with E-state index in [0.29, 0.717) is 12.5 Å². The summed E-state index contributed by atoms with van der Waals surface area (Å²) in [5.74, 6) is 2.19. The lowest BCUT2D eigenvalue weighted by Crippen LogP contribution is -2.23. The number of nitrogens with zero attached hydrogens (tertiary/aromatic N) is 3. The molecule has 1 aliphatic carbocycles. The number of ether oxygens (including phenoxy) is 1. The molecule has 1 atom stereocenters. The van der Waals surface area contributed by atoms with E-state index in [1.165, 1.54) is 11.8 Å². The van der Waals surface area contributed by atoms with Gasteiger partial charge in [-0.05, 0) is 44.0 Å². The first-order valence-corrected chi connectivity index (χ1v) is 9.16. The van der Waals surface area contributed by atoms with Crippen LogP contribution in [0.15, 0.2) is 42.1 Å². The molecule has 0 spiro atoms. The van der Waals surface area contributed by atoms with Gasteiger partial charge in [0.2, 0.25) is 5.91 Å². The summed E-state index contributed by atoms with van der Waals surface area (Å²) in [7, 11) is 1.61. The zero-order valence-electron chi connectivity index (χ0n) is 14.4. The maximum absolute atomic E-state index is 12.5. The Labute approximate surface area is 151 Å². The van der Waals surface area contributed by atoms with Gasteiger partial charge in [0.1, 0.15) is 11.6 Å². The third-order valence-corrected chi connectivity index (χ3v) is 5.09. The molecule has 0 saturated heterocycles. The van der Waals surface area contributed by atoms with Crippen molar-refractivity contribution in [2.75, 3.05) is 12.4 Å². The fourth-order valence-electron chi connectivity index (χ4n) is 2.46. The molecule has 2 aromatic rings. The summed E-state index contributed by atoms with van der Waals surface area (Å²) >= 11 is 1.42. The smallest absolute Gasteiger partial charge is 0.237 e. The first-order valence-electron chi connectivity index (χ1n) is 8.28. The zero-order chi connectivity index (χ0) is 17.8. The highest BCUT2D eigenvalue weighted by Crippen LogP contribution is 2.40. The maximum Gasteiger partial charge on any atom is 0.237 e. The van der Waals surface area contributed by atoms with E-state index < -0.39 is 0 Å². The predicted molar refractivity (Wildman–Crippen MR) is 99.1 cm³/mol. The summed E-state index contributed by atoms with van der Waals surface area (Å²) in [5.41, 5.74) is 0.740. The number of hydrogen-bond acceptors (Lipinski definition) is 5. The molecule has 0 radical (unpaired) electrons. The van der Waals surface area contributed by atoms with Gasteiger partial charge in [0.05, 0.1) is 12.4 Å². The second kappa shape index (κ2) is 7.74. The van der Waals surface area contributed by atoms with Crippen molar-refractivity contribution in [1.82, 2.24) is 14.8 Å². The molecule has 25 heavy (non-hydrogen) atoms. The average molecular weight is 358 g/mol. The highest BCUT2D eigenvalue weighted by atomic mass is 32.2. The summed E-state index contributed by atoms with van der Waals surface area (Å²) in [6.07, 6.45) is 4.16. The number of amides is 1. The van der Waals surface area contributed by atoms with Crippen molar-refractivity contribution in [3.05, 3.63) is 42.7 Å². The summed E-state index contributed by atoms with van der Waals surface area (Å²) in [6, 6.07) is 7.27. The number of aromatic nitrogens is 3. The van der Waals surface area contributed by atoms with Gasteiger partial charge in [-0.1, -0.05) is 17.8 Å². The molecule has 1 saturated carbocycles. The van der Waals surface area contributed by atoms with E-state index in [-0.39, 0.29) is 11.2 Å². The Bertz CT molecular complexity index is 753. The molecule has 1 fully saturated rings. The van der Waals surface area contributed by atoms with Crippen LogP contribution in [0, 0.1) is 0 Å². The average Bonchev–Trinajstić information content (AvgIpc) is 3.39. The van der Waals surface area contributed by atoms with Crippen molar-refractivity contribution in [3.8, 4) is 5.75 Å². The lowest BCUT2D eigenvalue weighted by atomic mass is 10.3. The molecular formula is C18H22N4O2S. The number of nitrogens with one attached hydrogen (secondary N) is 1. The van der Waals surface area contributed by atoms with Gasteiger partial charge in [0.25, 0.3) is 0 Å². The van der Waals surface area contributed by atoms with Crippen LogP contribution in [0.4, 0.5) is 5.69 Å². The number of anilines is 1. The quantitative estimate of drug-likeness (QED) is 0.578. The number of rotatable bonds is 8. The third-order valence-electron chi connectivity index (χ3n) is 4.01. The molecule has 3 rings (SSSR count). The molecule has 1 aromatic carbocycles. The van der Waals surface area contributed by atoms with E-state index in [4.69, 9.17) is 4.74 Å². The monoisotopic (exact) mass is 358 g/mol. The Kier molecular flexibility index (Phi) is 5.43. The van der Waals surface area contributed by atoms with Crippen molar-refractivity contribution in [2.45, 2.75) is 42.6 Å². The Morgan fingerprint density at radius 2 is 2.16 bits per heavy atom. The Hall–Kier alpha value is -2.28. The lowest BCUT2D eigenvalue weighted by Gasteiger charge is -2.13. The number of carbonyl (C=O) groups excluding carboxylic acids is 1. The minimum absolute atomic E-state index is 0.0729. The number of methoxy groups -OCH3 is 1. The zero-order valence-corrected chi connectivity index (χ0v) is 15.3. The van der Waals surface area contributed by atoms with E-state index >= 15 is 0 Å². The van der Waals surface area contributed by atoms with Gasteiger partial charge in [-0.15, -0.1) is 16.8 Å². The first-order chi connectivity index (χ1) is 12.1. The standard InChI is InChI=1S/C18H22N4O2S/c1-4-11-22-16(13-5-6-13)20-21-18(22)25-12(2)17(23)19-14-7-9-15(24-3)10-8-14/h4,7-10,12-13H,1,5-6,11H2,2-3H3,(H,19,23). The molecule has 0 aliphatic heterocycles. The summed E-state index contributed by atoms with van der Waals surface area (Å²) < 4.78 is 7.18. The van der Waals surface area contributed by atoms with Crippen molar-refractivity contribution in [3.63, 3.8) is 0 Å². The van der Waals surface area contributed by atoms with Gasteiger partial charge in [-0.25, -0.2) is 0 Å². The van der Waals surface area contributed by atoms with Crippen molar-refractivity contribution < 1.29 is 9.53 Å². The van der Waals surface area contributed by atoms with Crippen LogP contribution in [0.2, 0.25) is 0 Å². The minimum Gasteiger partial charge on any atom is -0.497 e. The van der Waals surface area contributed by atoms with Gasteiger partial charge in [0.15, 0.2) is 5.16 Å². The van der Waals surface area contributed by atoms with Crippen LogP contribution in [0.25, 0.3) is 0 Å². The van der Waals surface area contributed by atoms with Gasteiger partial charge < -0.3 is 14.6 Å². The van der Waals surface area contributed by atoms with E-state index in [1.54, 1.807) is 7.11 Å². The molecule has 1 aromatic heterocycles. The van der Waals surface area contributed by atoms with E-state index in [2.05, 4.69) is 26.7 Å². The second-order valence-electron chi connectivity index (χ2n) is 5.99. The van der Waals surface area contributed by atoms with Crippen LogP contribution < -0.4 is 10.1 Å². The molecule has 132 valence electrons. The Morgan fingerprint density at radius 3 is 2.76 bits per heavy atom. The maximum atomic E-state index is 12.5. The second-order valence-corrected chi connectivity index (χ2v) is 7.30. The molecule has 6 nitrogen and oxygen atoms in total. The van der Waals surface area contributed by atoms with Crippen LogP contribution in [-0.2, 0) is 11.3 Å². The number of hydrogen-bond donors (Lipinski definition) is 1. The Morgan fingerprint density at radius 1 is 1.44 bits per heavy atom. The molecule has 7 heteroatoms. The molecule has 1 unspecified atom stereocenters. The largest absolute Gasteiger partial charge is 0.497 e. The normalized spacial score (nSPS) is 14.8. The van der Waals surface area contributed by atoms with Crippen LogP contribution in [0.5, 0.6) is 5.75 Å². The first kappa shape index (κ1) is 17.5. The molecule has 1 aliphatic rings. The molecule has 1 amide bonds. The van der Waals surface area contributed by atoms with Crippen LogP contribution >= 0.6 is 11.8 Å². The minimum atomic E-state index is -0.290. The lowest BCUT2D eigenvalue weighted by molar-refractivity contribution is -0.115. The summed E-state index contributed by atoms with van der Waals surface area (Å²) in [5, 5.41) is 12.0. The fourth-order valence-corrected chi connectivity index (χ4v) is 3.33. The third kappa shape index (κ3) is 4.22. The number of carbonyl (C=O) groups is 1. The van der Waals surface area contributed by atoms with Gasteiger partial charge >= 0.3 is 0 Å². The summed E-state index contributed by atoms with van der Waals surface area (Å²) in [4.78, 5) is 12.5. The molecule has 0 bridgehead atoms. The number of allylic oxidation sites excluding steroid dienone is 1. The van der Waals surface area contributed by atoms with Crippen molar-refractivity contribution in [2.24, 2.45) is 0 Å². The summed E-state index contributed by atoms with van der Waals surface area (Å²) in [6.45, 7) is 6.34. The van der Waals surface area contributed by atoms with Gasteiger partial charge in [-0.2, -0.15) is 0 Å².